The molecule has 0 aromatic heterocycles. The Morgan fingerprint density at radius 1 is 1.31 bits per heavy atom. The molecule has 0 aromatic carbocycles. The van der Waals surface area contributed by atoms with Gasteiger partial charge in [-0.3, -0.25) is 4.79 Å². The number of fused-ring (bicyclic) bond motifs is 1. The summed E-state index contributed by atoms with van der Waals surface area (Å²) < 4.78 is 11.2. The lowest BCUT2D eigenvalue weighted by atomic mass is 9.91. The highest BCUT2D eigenvalue weighted by molar-refractivity contribution is 6.45. The predicted octanol–water partition coefficient (Wildman–Crippen LogP) is 0.118. The van der Waals surface area contributed by atoms with Crippen molar-refractivity contribution in [1.29, 1.82) is 0 Å². The Balaban J connectivity index is 1.80. The van der Waals surface area contributed by atoms with Gasteiger partial charge in [0.1, 0.15) is 0 Å². The molecule has 2 fully saturated rings. The van der Waals surface area contributed by atoms with E-state index in [-0.39, 0.29) is 19.3 Å². The molecule has 1 aliphatic carbocycles. The van der Waals surface area contributed by atoms with E-state index in [1.54, 1.807) is 0 Å². The fourth-order valence-corrected chi connectivity index (χ4v) is 2.04. The molecule has 1 N–H and O–H groups in total. The minimum atomic E-state index is -0.224. The number of carbonyl (C=O) groups is 1. The number of nitrogens with one attached hydrogen (secondary N) is 1. The Labute approximate surface area is 78.1 Å². The van der Waals surface area contributed by atoms with Crippen molar-refractivity contribution in [2.75, 3.05) is 6.44 Å². The van der Waals surface area contributed by atoms with E-state index in [1.807, 2.05) is 0 Å². The lowest BCUT2D eigenvalue weighted by Gasteiger charge is -2.22. The highest BCUT2D eigenvalue weighted by atomic mass is 16.7. The zero-order valence-electron chi connectivity index (χ0n) is 7.57. The van der Waals surface area contributed by atoms with Gasteiger partial charge < -0.3 is 14.6 Å². The van der Waals surface area contributed by atoms with Gasteiger partial charge in [-0.1, -0.05) is 12.8 Å². The van der Waals surface area contributed by atoms with E-state index in [9.17, 15) is 4.79 Å². The Kier molecular flexibility index (Phi) is 2.85. The number of rotatable bonds is 3. The topological polar surface area (TPSA) is 47.6 Å². The maximum atomic E-state index is 10.1. The molecular formula is C8H14BNO3. The van der Waals surface area contributed by atoms with E-state index in [4.69, 9.17) is 9.31 Å². The SMILES string of the molecule is O=CNCB1OC2CCCCC2O1. The highest BCUT2D eigenvalue weighted by Gasteiger charge is 2.40. The summed E-state index contributed by atoms with van der Waals surface area (Å²) in [6.07, 6.45) is 6.35. The zero-order chi connectivity index (χ0) is 9.10. The molecule has 5 heteroatoms. The van der Waals surface area contributed by atoms with Crippen molar-refractivity contribution >= 4 is 13.5 Å². The summed E-state index contributed by atoms with van der Waals surface area (Å²) in [5, 5.41) is 2.57. The molecular weight excluding hydrogens is 169 g/mol. The van der Waals surface area contributed by atoms with Gasteiger partial charge in [-0.05, 0) is 12.8 Å². The average molecular weight is 183 g/mol. The second kappa shape index (κ2) is 4.11. The summed E-state index contributed by atoms with van der Waals surface area (Å²) in [5.41, 5.74) is 0. The smallest absolute Gasteiger partial charge is 0.405 e. The van der Waals surface area contributed by atoms with Crippen LogP contribution < -0.4 is 5.32 Å². The Hall–Kier alpha value is -0.545. The second-order valence-corrected chi connectivity index (χ2v) is 3.59. The third-order valence-corrected chi connectivity index (χ3v) is 2.66. The van der Waals surface area contributed by atoms with Crippen LogP contribution in [0.2, 0.25) is 0 Å². The minimum Gasteiger partial charge on any atom is -0.405 e. The lowest BCUT2D eigenvalue weighted by molar-refractivity contribution is -0.109. The third kappa shape index (κ3) is 2.03. The second-order valence-electron chi connectivity index (χ2n) is 3.59. The molecule has 0 spiro atoms. The van der Waals surface area contributed by atoms with Gasteiger partial charge in [0.05, 0.1) is 18.7 Å². The molecule has 0 radical (unpaired) electrons. The maximum absolute atomic E-state index is 10.1. The Morgan fingerprint density at radius 3 is 2.46 bits per heavy atom. The van der Waals surface area contributed by atoms with Crippen molar-refractivity contribution in [2.24, 2.45) is 0 Å². The molecule has 1 heterocycles. The third-order valence-electron chi connectivity index (χ3n) is 2.66. The lowest BCUT2D eigenvalue weighted by Crippen LogP contribution is -2.31. The molecule has 4 nitrogen and oxygen atoms in total. The molecule has 2 rings (SSSR count). The van der Waals surface area contributed by atoms with E-state index in [0.717, 1.165) is 12.8 Å². The van der Waals surface area contributed by atoms with Crippen molar-refractivity contribution in [1.82, 2.24) is 5.32 Å². The van der Waals surface area contributed by atoms with Gasteiger partial charge in [-0.25, -0.2) is 0 Å². The Morgan fingerprint density at radius 2 is 1.92 bits per heavy atom. The van der Waals surface area contributed by atoms with Gasteiger partial charge in [0, 0.05) is 0 Å². The standard InChI is InChI=1S/C8H14BNO3/c11-6-10-5-9-12-7-3-1-2-4-8(7)13-9/h6-8H,1-5H2,(H,10,11). The number of amides is 1. The minimum absolute atomic E-state index is 0.224. The van der Waals surface area contributed by atoms with Crippen LogP contribution in [-0.4, -0.2) is 32.2 Å². The van der Waals surface area contributed by atoms with Crippen LogP contribution in [0.25, 0.3) is 0 Å². The molecule has 0 aromatic rings. The molecule has 13 heavy (non-hydrogen) atoms. The van der Waals surface area contributed by atoms with Crippen molar-refractivity contribution in [3.05, 3.63) is 0 Å². The van der Waals surface area contributed by atoms with Crippen molar-refractivity contribution in [2.45, 2.75) is 37.9 Å². The van der Waals surface area contributed by atoms with Crippen LogP contribution in [0.1, 0.15) is 25.7 Å². The van der Waals surface area contributed by atoms with Crippen LogP contribution >= 0.6 is 0 Å². The quantitative estimate of drug-likeness (QED) is 0.499. The average Bonchev–Trinajstić information content (AvgIpc) is 2.57. The van der Waals surface area contributed by atoms with Gasteiger partial charge >= 0.3 is 7.12 Å². The van der Waals surface area contributed by atoms with E-state index in [1.165, 1.54) is 12.8 Å². The first-order valence-electron chi connectivity index (χ1n) is 4.88. The predicted molar refractivity (Wildman–Crippen MR) is 48.0 cm³/mol. The first kappa shape index (κ1) is 9.03. The van der Waals surface area contributed by atoms with Gasteiger partial charge in [0.2, 0.25) is 6.41 Å². The van der Waals surface area contributed by atoms with Crippen LogP contribution in [0, 0.1) is 0 Å². The molecule has 1 amide bonds. The van der Waals surface area contributed by atoms with Crippen molar-refractivity contribution < 1.29 is 14.1 Å². The van der Waals surface area contributed by atoms with Crippen LogP contribution in [0.4, 0.5) is 0 Å². The largest absolute Gasteiger partial charge is 0.478 e. The van der Waals surface area contributed by atoms with Crippen LogP contribution in [0.5, 0.6) is 0 Å². The molecule has 1 saturated heterocycles. The van der Waals surface area contributed by atoms with Crippen LogP contribution in [0.3, 0.4) is 0 Å². The van der Waals surface area contributed by atoms with E-state index < -0.39 is 0 Å². The van der Waals surface area contributed by atoms with Gasteiger partial charge in [-0.15, -0.1) is 0 Å². The summed E-state index contributed by atoms with van der Waals surface area (Å²) >= 11 is 0. The maximum Gasteiger partial charge on any atom is 0.478 e. The molecule has 0 bridgehead atoms. The molecule has 2 unspecified atom stereocenters. The number of hydrogen-bond donors (Lipinski definition) is 1. The summed E-state index contributed by atoms with van der Waals surface area (Å²) in [6, 6.07) is 0. The van der Waals surface area contributed by atoms with E-state index >= 15 is 0 Å². The molecule has 2 aliphatic rings. The first-order chi connectivity index (χ1) is 6.40. The molecule has 72 valence electrons. The van der Waals surface area contributed by atoms with Crippen LogP contribution in [-0.2, 0) is 14.1 Å². The summed E-state index contributed by atoms with van der Waals surface area (Å²) in [5.74, 6) is 0. The summed E-state index contributed by atoms with van der Waals surface area (Å²) in [6.45, 7) is 0. The number of hydrogen-bond acceptors (Lipinski definition) is 3. The molecule has 1 saturated carbocycles. The zero-order valence-corrected chi connectivity index (χ0v) is 7.57. The van der Waals surface area contributed by atoms with Crippen LogP contribution in [0.15, 0.2) is 0 Å². The van der Waals surface area contributed by atoms with Crippen molar-refractivity contribution in [3.63, 3.8) is 0 Å². The normalized spacial score (nSPS) is 32.8. The Bertz CT molecular complexity index is 176. The van der Waals surface area contributed by atoms with Crippen molar-refractivity contribution in [3.8, 4) is 0 Å². The summed E-state index contributed by atoms with van der Waals surface area (Å²) in [4.78, 5) is 10.1. The van der Waals surface area contributed by atoms with E-state index in [2.05, 4.69) is 5.32 Å². The molecule has 1 aliphatic heterocycles. The fourth-order valence-electron chi connectivity index (χ4n) is 2.04. The fraction of sp³-hybridized carbons (Fsp3) is 0.875. The number of carbonyl (C=O) groups excluding carboxylic acids is 1. The summed E-state index contributed by atoms with van der Waals surface area (Å²) in [7, 11) is -0.224. The molecule has 2 atom stereocenters. The van der Waals surface area contributed by atoms with Gasteiger partial charge in [0.25, 0.3) is 0 Å². The monoisotopic (exact) mass is 183 g/mol. The first-order valence-corrected chi connectivity index (χ1v) is 4.88. The van der Waals surface area contributed by atoms with Gasteiger partial charge in [-0.2, -0.15) is 0 Å². The highest BCUT2D eigenvalue weighted by Crippen LogP contribution is 2.29. The van der Waals surface area contributed by atoms with E-state index in [0.29, 0.717) is 12.9 Å². The van der Waals surface area contributed by atoms with Gasteiger partial charge in [0.15, 0.2) is 0 Å².